The maximum absolute atomic E-state index is 13.5. The summed E-state index contributed by atoms with van der Waals surface area (Å²) in [6.45, 7) is 3.28. The molecular formula is C35H53N7O20. The predicted molar refractivity (Wildman–Crippen MR) is 203 cm³/mol. The average molecular weight is 892 g/mol. The van der Waals surface area contributed by atoms with Gasteiger partial charge in [-0.3, -0.25) is 57.5 Å². The van der Waals surface area contributed by atoms with E-state index < -0.39 is 190 Å². The predicted octanol–water partition coefficient (Wildman–Crippen LogP) is -3.85. The van der Waals surface area contributed by atoms with E-state index in [1.54, 1.807) is 13.8 Å². The Bertz CT molecular complexity index is 1690. The van der Waals surface area contributed by atoms with Crippen LogP contribution in [0, 0.1) is 5.92 Å². The maximum atomic E-state index is 13.5. The number of amides is 6. The summed E-state index contributed by atoms with van der Waals surface area (Å²) in [5, 5.41) is 77.4. The topological polar surface area (TPSA) is 462 Å². The highest BCUT2D eigenvalue weighted by atomic mass is 16.4. The molecule has 0 bridgehead atoms. The molecule has 0 aliphatic heterocycles. The lowest BCUT2D eigenvalue weighted by Gasteiger charge is -2.27. The molecule has 348 valence electrons. The molecule has 0 fully saturated rings. The summed E-state index contributed by atoms with van der Waals surface area (Å²) >= 11 is 0. The number of rotatable bonds is 32. The molecule has 0 radical (unpaired) electrons. The first-order valence-electron chi connectivity index (χ1n) is 18.8. The van der Waals surface area contributed by atoms with E-state index in [0.717, 1.165) is 0 Å². The van der Waals surface area contributed by atoms with E-state index in [1.807, 2.05) is 10.6 Å². The van der Waals surface area contributed by atoms with Gasteiger partial charge in [0.15, 0.2) is 0 Å². The van der Waals surface area contributed by atoms with E-state index in [-0.39, 0.29) is 12.3 Å². The number of carbonyl (C=O) groups excluding carboxylic acids is 6. The van der Waals surface area contributed by atoms with Crippen LogP contribution >= 0.6 is 0 Å². The van der Waals surface area contributed by atoms with Crippen LogP contribution in [0.15, 0.2) is 0 Å². The highest BCUT2D eigenvalue weighted by Gasteiger charge is 2.35. The Morgan fingerprint density at radius 3 is 0.903 bits per heavy atom. The van der Waals surface area contributed by atoms with Crippen molar-refractivity contribution in [1.29, 1.82) is 0 Å². The molecule has 62 heavy (non-hydrogen) atoms. The zero-order chi connectivity index (χ0) is 47.9. The number of aliphatic carboxylic acids is 7. The van der Waals surface area contributed by atoms with Gasteiger partial charge in [-0.05, 0) is 44.4 Å². The van der Waals surface area contributed by atoms with Crippen molar-refractivity contribution >= 4 is 77.2 Å². The normalized spacial score (nSPS) is 14.2. The Morgan fingerprint density at radius 2 is 0.629 bits per heavy atom. The van der Waals surface area contributed by atoms with Gasteiger partial charge in [-0.1, -0.05) is 13.8 Å². The van der Waals surface area contributed by atoms with E-state index >= 15 is 0 Å². The summed E-state index contributed by atoms with van der Waals surface area (Å²) < 4.78 is 0. The fourth-order valence-corrected chi connectivity index (χ4v) is 5.27. The van der Waals surface area contributed by atoms with Gasteiger partial charge in [0.25, 0.3) is 0 Å². The molecule has 0 aliphatic carbocycles. The van der Waals surface area contributed by atoms with Crippen LogP contribution < -0.4 is 37.6 Å². The van der Waals surface area contributed by atoms with Crippen molar-refractivity contribution in [1.82, 2.24) is 31.9 Å². The summed E-state index contributed by atoms with van der Waals surface area (Å²) in [5.74, 6) is -18.5. The number of nitrogens with one attached hydrogen (secondary N) is 6. The van der Waals surface area contributed by atoms with Gasteiger partial charge in [-0.15, -0.1) is 0 Å². The van der Waals surface area contributed by atoms with Crippen LogP contribution in [0.2, 0.25) is 0 Å². The third-order valence-corrected chi connectivity index (χ3v) is 8.46. The van der Waals surface area contributed by atoms with Gasteiger partial charge in [0.05, 0.1) is 12.5 Å². The van der Waals surface area contributed by atoms with Crippen LogP contribution in [0.25, 0.3) is 0 Å². The molecule has 0 saturated carbocycles. The molecule has 27 nitrogen and oxygen atoms in total. The van der Waals surface area contributed by atoms with Crippen LogP contribution in [0.1, 0.15) is 90.9 Å². The van der Waals surface area contributed by atoms with Gasteiger partial charge in [-0.25, -0.2) is 4.79 Å². The minimum Gasteiger partial charge on any atom is -0.481 e. The number of carboxylic acid groups (broad SMARTS) is 7. The van der Waals surface area contributed by atoms with Crippen molar-refractivity contribution in [3.63, 3.8) is 0 Å². The van der Waals surface area contributed by atoms with Gasteiger partial charge in [-0.2, -0.15) is 0 Å². The molecule has 0 saturated heterocycles. The van der Waals surface area contributed by atoms with Gasteiger partial charge in [0, 0.05) is 32.1 Å². The lowest BCUT2D eigenvalue weighted by atomic mass is 10.0. The van der Waals surface area contributed by atoms with Crippen molar-refractivity contribution < 1.29 is 98.1 Å². The van der Waals surface area contributed by atoms with Crippen LogP contribution in [0.5, 0.6) is 0 Å². The minimum absolute atomic E-state index is 0.0811. The van der Waals surface area contributed by atoms with Crippen molar-refractivity contribution in [2.45, 2.75) is 133 Å². The Hall–Kier alpha value is -6.93. The highest BCUT2D eigenvalue weighted by Crippen LogP contribution is 2.10. The molecule has 0 aromatic rings. The molecule has 0 aromatic carbocycles. The number of carbonyl (C=O) groups is 13. The van der Waals surface area contributed by atoms with Crippen molar-refractivity contribution in [3.05, 3.63) is 0 Å². The monoisotopic (exact) mass is 891 g/mol. The molecule has 0 spiro atoms. The fourth-order valence-electron chi connectivity index (χ4n) is 5.27. The molecule has 0 rings (SSSR count). The first-order valence-corrected chi connectivity index (χ1v) is 18.8. The molecule has 7 atom stereocenters. The number of carboxylic acids is 7. The molecular weight excluding hydrogens is 838 g/mol. The molecule has 15 N–H and O–H groups in total. The smallest absolute Gasteiger partial charge is 0.326 e. The van der Waals surface area contributed by atoms with E-state index in [4.69, 9.17) is 15.9 Å². The van der Waals surface area contributed by atoms with Gasteiger partial charge >= 0.3 is 41.8 Å². The quantitative estimate of drug-likeness (QED) is 0.0307. The van der Waals surface area contributed by atoms with E-state index in [1.165, 1.54) is 0 Å². The van der Waals surface area contributed by atoms with Gasteiger partial charge in [0.1, 0.15) is 36.3 Å². The fraction of sp³-hybridized carbons (Fsp3) is 0.629. The van der Waals surface area contributed by atoms with E-state index in [2.05, 4.69) is 21.3 Å². The van der Waals surface area contributed by atoms with Crippen molar-refractivity contribution in [2.75, 3.05) is 0 Å². The number of nitrogens with two attached hydrogens (primary N) is 1. The molecule has 0 unspecified atom stereocenters. The summed E-state index contributed by atoms with van der Waals surface area (Å²) in [5.41, 5.74) is 5.66. The number of hydrogen-bond donors (Lipinski definition) is 14. The minimum atomic E-state index is -2.17. The van der Waals surface area contributed by atoms with Crippen LogP contribution in [-0.4, -0.2) is 155 Å². The lowest BCUT2D eigenvalue weighted by molar-refractivity contribution is -0.143. The van der Waals surface area contributed by atoms with Gasteiger partial charge < -0.3 is 73.4 Å². The summed E-state index contributed by atoms with van der Waals surface area (Å²) in [6, 6.07) is -12.6. The van der Waals surface area contributed by atoms with Gasteiger partial charge in [0.2, 0.25) is 35.4 Å². The standard InChI is InChI=1S/C35H53N7O20/c1-15(2)13-22(35(61)62)42-33(59)20(7-12-27(51)52)39-31(57)18(5-10-25(47)48)40-34(60)21(14-28(53)54)41-32(58)19(6-11-26(49)50)38-30(56)17(4-9-24(45)46)37-29(55)16(36)3-8-23(43)44/h15-22H,3-14,36H2,1-2H3,(H,37,55)(H,38,56)(H,39,57)(H,40,60)(H,41,58)(H,42,59)(H,43,44)(H,45,46)(H,47,48)(H,49,50)(H,51,52)(H,53,54)(H,61,62)/t16-,17-,18-,19-,20-,21-,22-/m0/s1. The first kappa shape index (κ1) is 55.1. The second-order valence-electron chi connectivity index (χ2n) is 14.2. The highest BCUT2D eigenvalue weighted by molar-refractivity contribution is 5.98. The van der Waals surface area contributed by atoms with Crippen LogP contribution in [-0.2, 0) is 62.3 Å². The lowest BCUT2D eigenvalue weighted by Crippen LogP contribution is -2.60. The third-order valence-electron chi connectivity index (χ3n) is 8.46. The summed E-state index contributed by atoms with van der Waals surface area (Å²) in [6.07, 6.45) is -8.26. The molecule has 27 heteroatoms. The van der Waals surface area contributed by atoms with Crippen LogP contribution in [0.4, 0.5) is 0 Å². The molecule has 0 aromatic heterocycles. The van der Waals surface area contributed by atoms with Crippen molar-refractivity contribution in [3.8, 4) is 0 Å². The Morgan fingerprint density at radius 1 is 0.371 bits per heavy atom. The SMILES string of the molecule is CC(C)C[C@H](NC(=O)[C@H](CCC(=O)O)NC(=O)[C@H](CCC(=O)O)NC(=O)[C@H](CC(=O)O)NC(=O)[C@H](CCC(=O)O)NC(=O)[C@H](CCC(=O)O)NC(=O)[C@@H](N)CCC(=O)O)C(=O)O. The van der Waals surface area contributed by atoms with Crippen LogP contribution in [0.3, 0.4) is 0 Å². The Kier molecular flexibility index (Phi) is 24.7. The molecule has 0 aliphatic rings. The zero-order valence-corrected chi connectivity index (χ0v) is 33.6. The number of hydrogen-bond acceptors (Lipinski definition) is 14. The Labute approximate surface area is 351 Å². The summed E-state index contributed by atoms with van der Waals surface area (Å²) in [4.78, 5) is 159. The molecule has 6 amide bonds. The van der Waals surface area contributed by atoms with E-state index in [0.29, 0.717) is 0 Å². The average Bonchev–Trinajstić information content (AvgIpc) is 3.15. The van der Waals surface area contributed by atoms with Crippen molar-refractivity contribution in [2.24, 2.45) is 11.7 Å². The second-order valence-corrected chi connectivity index (χ2v) is 14.2. The second kappa shape index (κ2) is 27.8. The largest absolute Gasteiger partial charge is 0.481 e. The van der Waals surface area contributed by atoms with E-state index in [9.17, 15) is 87.9 Å². The third kappa shape index (κ3) is 23.6. The first-order chi connectivity index (χ1) is 28.7. The maximum Gasteiger partial charge on any atom is 0.326 e. The zero-order valence-electron chi connectivity index (χ0n) is 33.6. The summed E-state index contributed by atoms with van der Waals surface area (Å²) in [7, 11) is 0. The Balaban J connectivity index is 6.60. The molecule has 0 heterocycles.